The highest BCUT2D eigenvalue weighted by Crippen LogP contribution is 2.43. The van der Waals surface area contributed by atoms with Gasteiger partial charge in [-0.05, 0) is 49.1 Å². The van der Waals surface area contributed by atoms with E-state index in [0.29, 0.717) is 11.1 Å². The van der Waals surface area contributed by atoms with Gasteiger partial charge in [0.25, 0.3) is 5.56 Å². The number of thiazole rings is 1. The van der Waals surface area contributed by atoms with Crippen molar-refractivity contribution in [3.63, 3.8) is 0 Å². The Morgan fingerprint density at radius 3 is 2.67 bits per heavy atom. The van der Waals surface area contributed by atoms with Crippen LogP contribution in [0.2, 0.25) is 0 Å². The molecule has 2 aliphatic rings. The lowest BCUT2D eigenvalue weighted by molar-refractivity contribution is 0.402. The van der Waals surface area contributed by atoms with Crippen LogP contribution in [0.1, 0.15) is 40.4 Å². The van der Waals surface area contributed by atoms with E-state index in [1.807, 2.05) is 34.9 Å². The number of hydrogen-bond acceptors (Lipinski definition) is 4. The summed E-state index contributed by atoms with van der Waals surface area (Å²) in [4.78, 5) is 20.2. The molecule has 0 saturated heterocycles. The largest absolute Gasteiger partial charge is 0.496 e. The van der Waals surface area contributed by atoms with E-state index in [1.165, 1.54) is 22.5 Å². The Hall–Kier alpha value is -4.42. The van der Waals surface area contributed by atoms with E-state index in [2.05, 4.69) is 72.7 Å². The summed E-state index contributed by atoms with van der Waals surface area (Å²) in [5.41, 5.74) is 8.89. The van der Waals surface area contributed by atoms with E-state index in [0.717, 1.165) is 62.4 Å². The third kappa shape index (κ3) is 3.67. The first kappa shape index (κ1) is 24.6. The molecule has 3 heterocycles. The van der Waals surface area contributed by atoms with Gasteiger partial charge in [0.05, 0.1) is 23.4 Å². The smallest absolute Gasteiger partial charge is 0.271 e. The molecule has 1 atom stereocenters. The summed E-state index contributed by atoms with van der Waals surface area (Å²) in [5.74, 6) is 0.776. The van der Waals surface area contributed by atoms with Crippen molar-refractivity contribution in [1.82, 2.24) is 9.13 Å². The zero-order valence-electron chi connectivity index (χ0n) is 22.6. The number of para-hydroxylation sites is 2. The van der Waals surface area contributed by atoms with Crippen molar-refractivity contribution in [2.45, 2.75) is 32.4 Å². The van der Waals surface area contributed by atoms with Crippen LogP contribution in [-0.4, -0.2) is 16.2 Å². The van der Waals surface area contributed by atoms with Gasteiger partial charge in [-0.1, -0.05) is 78.1 Å². The molecule has 6 heteroatoms. The van der Waals surface area contributed by atoms with Gasteiger partial charge in [0.1, 0.15) is 5.75 Å². The first-order valence-corrected chi connectivity index (χ1v) is 14.4. The molecule has 0 radical (unpaired) electrons. The summed E-state index contributed by atoms with van der Waals surface area (Å²) in [6, 6.07) is 24.6. The Kier molecular flexibility index (Phi) is 5.93. The number of benzene rings is 3. The summed E-state index contributed by atoms with van der Waals surface area (Å²) >= 11 is 1.46. The molecule has 1 unspecified atom stereocenters. The van der Waals surface area contributed by atoms with Crippen molar-refractivity contribution in [2.75, 3.05) is 7.11 Å². The molecule has 40 heavy (non-hydrogen) atoms. The number of rotatable bonds is 5. The first-order valence-electron chi connectivity index (χ1n) is 13.6. The van der Waals surface area contributed by atoms with E-state index >= 15 is 0 Å². The normalized spacial score (nSPS) is 16.4. The molecule has 0 saturated carbocycles. The second kappa shape index (κ2) is 9.65. The van der Waals surface area contributed by atoms with Crippen molar-refractivity contribution in [2.24, 2.45) is 4.99 Å². The number of fused-ring (bicyclic) bond motifs is 4. The second-order valence-electron chi connectivity index (χ2n) is 10.3. The van der Waals surface area contributed by atoms with Crippen LogP contribution < -0.4 is 19.6 Å². The molecule has 5 nitrogen and oxygen atoms in total. The van der Waals surface area contributed by atoms with E-state index in [1.54, 1.807) is 7.11 Å². The monoisotopic (exact) mass is 543 g/mol. The van der Waals surface area contributed by atoms with Crippen molar-refractivity contribution in [1.29, 1.82) is 0 Å². The molecule has 7 rings (SSSR count). The Morgan fingerprint density at radius 1 is 1.05 bits per heavy atom. The molecule has 0 amide bonds. The fourth-order valence-electron chi connectivity index (χ4n) is 6.33. The SMILES string of the molecule is C=CCn1c(C)c(C=c2sc3n(c2=O)C(c2ccccc2OC)C2=C(N=3)c3ccccc3CC2)c2ccccc21. The van der Waals surface area contributed by atoms with Gasteiger partial charge in [-0.3, -0.25) is 9.36 Å². The van der Waals surface area contributed by atoms with E-state index in [-0.39, 0.29) is 11.6 Å². The van der Waals surface area contributed by atoms with Crippen molar-refractivity contribution in [3.8, 4) is 5.75 Å². The predicted molar refractivity (Wildman–Crippen MR) is 163 cm³/mol. The van der Waals surface area contributed by atoms with Crippen LogP contribution in [0.15, 0.2) is 101 Å². The third-order valence-electron chi connectivity index (χ3n) is 8.17. The minimum atomic E-state index is -0.277. The summed E-state index contributed by atoms with van der Waals surface area (Å²) in [6.07, 6.45) is 5.73. The highest BCUT2D eigenvalue weighted by molar-refractivity contribution is 7.07. The molecule has 0 spiro atoms. The summed E-state index contributed by atoms with van der Waals surface area (Å²) in [7, 11) is 1.69. The Morgan fingerprint density at radius 2 is 1.82 bits per heavy atom. The van der Waals surface area contributed by atoms with Gasteiger partial charge in [0, 0.05) is 39.8 Å². The van der Waals surface area contributed by atoms with Gasteiger partial charge in [-0.15, -0.1) is 6.58 Å². The van der Waals surface area contributed by atoms with Gasteiger partial charge in [0.2, 0.25) is 0 Å². The number of hydrogen-bond donors (Lipinski definition) is 0. The maximum Gasteiger partial charge on any atom is 0.271 e. The van der Waals surface area contributed by atoms with Crippen LogP contribution in [0.4, 0.5) is 0 Å². The van der Waals surface area contributed by atoms with E-state index in [4.69, 9.17) is 9.73 Å². The van der Waals surface area contributed by atoms with Gasteiger partial charge in [-0.2, -0.15) is 0 Å². The highest BCUT2D eigenvalue weighted by atomic mass is 32.1. The first-order chi connectivity index (χ1) is 19.6. The van der Waals surface area contributed by atoms with Crippen LogP contribution in [0.5, 0.6) is 5.75 Å². The van der Waals surface area contributed by atoms with E-state index < -0.39 is 0 Å². The molecular weight excluding hydrogens is 514 g/mol. The molecular formula is C34H29N3O2S. The zero-order valence-corrected chi connectivity index (χ0v) is 23.4. The summed E-state index contributed by atoms with van der Waals surface area (Å²) < 4.78 is 10.6. The lowest BCUT2D eigenvalue weighted by Crippen LogP contribution is -2.39. The average molecular weight is 544 g/mol. The second-order valence-corrected chi connectivity index (χ2v) is 11.3. The van der Waals surface area contributed by atoms with E-state index in [9.17, 15) is 4.79 Å². The summed E-state index contributed by atoms with van der Waals surface area (Å²) in [5, 5.41) is 1.13. The lowest BCUT2D eigenvalue weighted by Gasteiger charge is -2.31. The van der Waals surface area contributed by atoms with Gasteiger partial charge >= 0.3 is 0 Å². The fourth-order valence-corrected chi connectivity index (χ4v) is 7.31. The number of nitrogens with zero attached hydrogens (tertiary/aromatic N) is 3. The topological polar surface area (TPSA) is 48.5 Å². The van der Waals surface area contributed by atoms with Crippen molar-refractivity contribution < 1.29 is 4.74 Å². The number of aryl methyl sites for hydroxylation is 1. The highest BCUT2D eigenvalue weighted by Gasteiger charge is 2.34. The minimum Gasteiger partial charge on any atom is -0.496 e. The molecule has 0 bridgehead atoms. The van der Waals surface area contributed by atoms with Gasteiger partial charge in [-0.25, -0.2) is 4.99 Å². The molecule has 2 aromatic heterocycles. The predicted octanol–water partition coefficient (Wildman–Crippen LogP) is 5.78. The standard InChI is InChI=1S/C34H29N3O2S/c1-4-19-36-21(2)27(24-13-7-9-15-28(24)36)20-30-33(38)37-32(25-14-8-10-16-29(25)39-3)26-18-17-22-11-5-6-12-23(22)31(26)35-34(37)40-30/h4-16,20,32H,1,17-19H2,2-3H3. The number of aromatic nitrogens is 2. The minimum absolute atomic E-state index is 0.0231. The molecule has 1 aliphatic heterocycles. The molecule has 3 aromatic carbocycles. The quantitative estimate of drug-likeness (QED) is 0.264. The molecule has 1 aliphatic carbocycles. The molecule has 0 N–H and O–H groups in total. The summed E-state index contributed by atoms with van der Waals surface area (Å²) in [6.45, 7) is 6.77. The Labute approximate surface area is 236 Å². The molecule has 0 fully saturated rings. The van der Waals surface area contributed by atoms with Crippen LogP contribution in [-0.2, 0) is 13.0 Å². The van der Waals surface area contributed by atoms with Crippen molar-refractivity contribution >= 4 is 34.0 Å². The fraction of sp³-hybridized carbons (Fsp3) is 0.176. The van der Waals surface area contributed by atoms with Crippen LogP contribution in [0.3, 0.4) is 0 Å². The maximum atomic E-state index is 14.3. The van der Waals surface area contributed by atoms with Crippen LogP contribution in [0, 0.1) is 6.92 Å². The maximum absolute atomic E-state index is 14.3. The lowest BCUT2D eigenvalue weighted by atomic mass is 9.83. The van der Waals surface area contributed by atoms with Gasteiger partial charge < -0.3 is 9.30 Å². The average Bonchev–Trinajstić information content (AvgIpc) is 3.44. The Balaban J connectivity index is 1.52. The third-order valence-corrected chi connectivity index (χ3v) is 9.16. The van der Waals surface area contributed by atoms with Crippen molar-refractivity contribution in [3.05, 3.63) is 139 Å². The van der Waals surface area contributed by atoms with Crippen LogP contribution >= 0.6 is 11.3 Å². The molecule has 198 valence electrons. The molecule has 5 aromatic rings. The number of allylic oxidation sites excluding steroid dienone is 2. The Bertz CT molecular complexity index is 2040. The van der Waals surface area contributed by atoms with Crippen LogP contribution in [0.25, 0.3) is 22.7 Å². The number of methoxy groups -OCH3 is 1. The van der Waals surface area contributed by atoms with Gasteiger partial charge in [0.15, 0.2) is 4.80 Å². The zero-order chi connectivity index (χ0) is 27.4. The number of ether oxygens (including phenoxy) is 1.